The summed E-state index contributed by atoms with van der Waals surface area (Å²) in [5.41, 5.74) is -0.539. The van der Waals surface area contributed by atoms with Crippen LogP contribution < -0.4 is 0 Å². The Bertz CT molecular complexity index is 336. The first kappa shape index (κ1) is 15.3. The van der Waals surface area contributed by atoms with Crippen molar-refractivity contribution in [2.75, 3.05) is 6.54 Å². The first-order chi connectivity index (χ1) is 8.11. The summed E-state index contributed by atoms with van der Waals surface area (Å²) in [6, 6.07) is -0.387. The third-order valence-electron chi connectivity index (χ3n) is 2.88. The number of ketones is 1. The molecule has 0 N–H and O–H groups in total. The van der Waals surface area contributed by atoms with E-state index >= 15 is 0 Å². The summed E-state index contributed by atoms with van der Waals surface area (Å²) in [5, 5.41) is -0.356. The molecule has 0 spiro atoms. The van der Waals surface area contributed by atoms with Crippen LogP contribution >= 0.6 is 12.6 Å². The van der Waals surface area contributed by atoms with Crippen molar-refractivity contribution >= 4 is 24.5 Å². The Kier molecular flexibility index (Phi) is 4.70. The van der Waals surface area contributed by atoms with Gasteiger partial charge in [0.15, 0.2) is 5.78 Å². The van der Waals surface area contributed by atoms with Crippen LogP contribution in [0.4, 0.5) is 4.79 Å². The standard InChI is InChI=1S/C13H23NO3S/c1-8-6-10(11(15)9(2)18)14(7-8)12(16)17-13(3,4)5/h8-10,18H,6-7H2,1-5H3/t8-,9?,10?/m1/s1. The summed E-state index contributed by atoms with van der Waals surface area (Å²) in [4.78, 5) is 25.7. The number of nitrogens with zero attached hydrogens (tertiary/aromatic N) is 1. The van der Waals surface area contributed by atoms with Crippen LogP contribution in [0.15, 0.2) is 0 Å². The van der Waals surface area contributed by atoms with Crippen molar-refractivity contribution < 1.29 is 14.3 Å². The lowest BCUT2D eigenvalue weighted by molar-refractivity contribution is -0.122. The topological polar surface area (TPSA) is 46.6 Å². The Morgan fingerprint density at radius 3 is 2.39 bits per heavy atom. The highest BCUT2D eigenvalue weighted by molar-refractivity contribution is 7.81. The maximum absolute atomic E-state index is 12.1. The van der Waals surface area contributed by atoms with Gasteiger partial charge in [0.2, 0.25) is 0 Å². The molecule has 2 unspecified atom stereocenters. The van der Waals surface area contributed by atoms with Crippen LogP contribution in [0, 0.1) is 5.92 Å². The number of carbonyl (C=O) groups excluding carboxylic acids is 2. The summed E-state index contributed by atoms with van der Waals surface area (Å²) in [6.45, 7) is 9.81. The fraction of sp³-hybridized carbons (Fsp3) is 0.846. The Labute approximate surface area is 114 Å². The van der Waals surface area contributed by atoms with Crippen molar-refractivity contribution in [3.05, 3.63) is 0 Å². The van der Waals surface area contributed by atoms with Gasteiger partial charge in [0.25, 0.3) is 0 Å². The van der Waals surface area contributed by atoms with Crippen molar-refractivity contribution in [3.63, 3.8) is 0 Å². The van der Waals surface area contributed by atoms with Gasteiger partial charge in [0.05, 0.1) is 11.3 Å². The molecule has 0 aromatic heterocycles. The monoisotopic (exact) mass is 273 g/mol. The van der Waals surface area contributed by atoms with Crippen LogP contribution in [0.25, 0.3) is 0 Å². The van der Waals surface area contributed by atoms with Gasteiger partial charge in [0, 0.05) is 6.54 Å². The van der Waals surface area contributed by atoms with Gasteiger partial charge < -0.3 is 4.74 Å². The van der Waals surface area contributed by atoms with Gasteiger partial charge in [-0.1, -0.05) is 6.92 Å². The molecule has 0 aromatic rings. The molecule has 18 heavy (non-hydrogen) atoms. The molecule has 1 heterocycles. The molecule has 104 valence electrons. The van der Waals surface area contributed by atoms with Crippen molar-refractivity contribution in [2.45, 2.75) is 57.9 Å². The molecule has 0 bridgehead atoms. The molecule has 3 atom stereocenters. The Hall–Kier alpha value is -0.710. The van der Waals surface area contributed by atoms with Crippen LogP contribution in [0.1, 0.15) is 41.0 Å². The average molecular weight is 273 g/mol. The van der Waals surface area contributed by atoms with Gasteiger partial charge in [-0.25, -0.2) is 4.79 Å². The smallest absolute Gasteiger partial charge is 0.410 e. The number of carbonyl (C=O) groups is 2. The number of hydrogen-bond donors (Lipinski definition) is 1. The number of hydrogen-bond acceptors (Lipinski definition) is 4. The van der Waals surface area contributed by atoms with Gasteiger partial charge in [-0.15, -0.1) is 0 Å². The number of Topliss-reactive ketones (excluding diaryl/α,β-unsaturated/α-hetero) is 1. The molecule has 0 radical (unpaired) electrons. The second-order valence-electron chi connectivity index (χ2n) is 6.07. The van der Waals surface area contributed by atoms with Crippen molar-refractivity contribution in [3.8, 4) is 0 Å². The molecule has 1 aliphatic rings. The summed E-state index contributed by atoms with van der Waals surface area (Å²) in [7, 11) is 0. The van der Waals surface area contributed by atoms with Crippen LogP contribution in [0.3, 0.4) is 0 Å². The quantitative estimate of drug-likeness (QED) is 0.786. The second-order valence-corrected chi connectivity index (χ2v) is 6.84. The second kappa shape index (κ2) is 5.51. The zero-order chi connectivity index (χ0) is 14.1. The zero-order valence-corrected chi connectivity index (χ0v) is 12.7. The highest BCUT2D eigenvalue weighted by Crippen LogP contribution is 2.27. The molecule has 0 aromatic carbocycles. The molecule has 5 heteroatoms. The highest BCUT2D eigenvalue weighted by atomic mass is 32.1. The van der Waals surface area contributed by atoms with Gasteiger partial charge in [-0.3, -0.25) is 9.69 Å². The highest BCUT2D eigenvalue weighted by Gasteiger charge is 2.40. The van der Waals surface area contributed by atoms with E-state index in [1.807, 2.05) is 27.7 Å². The van der Waals surface area contributed by atoms with E-state index in [0.717, 1.165) is 0 Å². The van der Waals surface area contributed by atoms with E-state index in [0.29, 0.717) is 18.9 Å². The lowest BCUT2D eigenvalue weighted by atomic mass is 10.0. The van der Waals surface area contributed by atoms with Gasteiger partial charge in [-0.05, 0) is 40.0 Å². The van der Waals surface area contributed by atoms with Crippen molar-refractivity contribution in [2.24, 2.45) is 5.92 Å². The van der Waals surface area contributed by atoms with Gasteiger partial charge in [0.1, 0.15) is 5.60 Å². The van der Waals surface area contributed by atoms with E-state index in [-0.39, 0.29) is 17.1 Å². The molecule has 1 aliphatic heterocycles. The number of ether oxygens (including phenoxy) is 1. The number of amides is 1. The minimum absolute atomic E-state index is 0.00598. The van der Waals surface area contributed by atoms with Crippen LogP contribution in [-0.4, -0.2) is 40.2 Å². The molecule has 4 nitrogen and oxygen atoms in total. The molecule has 0 saturated carbocycles. The van der Waals surface area contributed by atoms with Crippen LogP contribution in [0.5, 0.6) is 0 Å². The largest absolute Gasteiger partial charge is 0.444 e. The lowest BCUT2D eigenvalue weighted by Crippen LogP contribution is -2.45. The van der Waals surface area contributed by atoms with E-state index < -0.39 is 11.7 Å². The summed E-state index contributed by atoms with van der Waals surface area (Å²) in [5.74, 6) is 0.312. The Morgan fingerprint density at radius 2 is 1.94 bits per heavy atom. The number of thiol groups is 1. The third kappa shape index (κ3) is 3.90. The predicted molar refractivity (Wildman–Crippen MR) is 74.0 cm³/mol. The average Bonchev–Trinajstić information content (AvgIpc) is 2.56. The summed E-state index contributed by atoms with van der Waals surface area (Å²) < 4.78 is 5.34. The lowest BCUT2D eigenvalue weighted by Gasteiger charge is -2.28. The molecule has 1 saturated heterocycles. The minimum Gasteiger partial charge on any atom is -0.444 e. The molecular weight excluding hydrogens is 250 g/mol. The molecule has 0 aliphatic carbocycles. The fourth-order valence-corrected chi connectivity index (χ4v) is 2.29. The fourth-order valence-electron chi connectivity index (χ4n) is 2.12. The SMILES string of the molecule is CC(S)C(=O)C1C[C@@H](C)CN1C(=O)OC(C)(C)C. The van der Waals surface area contributed by atoms with Gasteiger partial charge >= 0.3 is 6.09 Å². The van der Waals surface area contributed by atoms with E-state index in [1.54, 1.807) is 11.8 Å². The third-order valence-corrected chi connectivity index (χ3v) is 3.13. The van der Waals surface area contributed by atoms with E-state index in [4.69, 9.17) is 4.74 Å². The first-order valence-electron chi connectivity index (χ1n) is 6.33. The van der Waals surface area contributed by atoms with Crippen molar-refractivity contribution in [1.29, 1.82) is 0 Å². The summed E-state index contributed by atoms with van der Waals surface area (Å²) >= 11 is 4.16. The maximum Gasteiger partial charge on any atom is 0.410 e. The molecule has 1 fully saturated rings. The molecular formula is C13H23NO3S. The Balaban J connectivity index is 2.79. The van der Waals surface area contributed by atoms with Crippen LogP contribution in [-0.2, 0) is 9.53 Å². The molecule has 1 amide bonds. The van der Waals surface area contributed by atoms with E-state index in [2.05, 4.69) is 12.6 Å². The van der Waals surface area contributed by atoms with Crippen molar-refractivity contribution in [1.82, 2.24) is 4.90 Å². The first-order valence-corrected chi connectivity index (χ1v) is 6.85. The maximum atomic E-state index is 12.1. The molecule has 1 rings (SSSR count). The van der Waals surface area contributed by atoms with E-state index in [9.17, 15) is 9.59 Å². The number of likely N-dealkylation sites (tertiary alicyclic amines) is 1. The van der Waals surface area contributed by atoms with Crippen LogP contribution in [0.2, 0.25) is 0 Å². The normalized spacial score (nSPS) is 26.0. The van der Waals surface area contributed by atoms with E-state index in [1.165, 1.54) is 0 Å². The minimum atomic E-state index is -0.539. The van der Waals surface area contributed by atoms with Gasteiger partial charge in [-0.2, -0.15) is 12.6 Å². The predicted octanol–water partition coefficient (Wildman–Crippen LogP) is 2.52. The number of rotatable bonds is 2. The zero-order valence-electron chi connectivity index (χ0n) is 11.8. The summed E-state index contributed by atoms with van der Waals surface area (Å²) in [6.07, 6.45) is 0.294. The Morgan fingerprint density at radius 1 is 1.39 bits per heavy atom.